The van der Waals surface area contributed by atoms with Crippen LogP contribution in [0.5, 0.6) is 0 Å². The second kappa shape index (κ2) is 11.0. The topological polar surface area (TPSA) is 38.9 Å². The number of benzene rings is 8. The summed E-state index contributed by atoms with van der Waals surface area (Å²) in [5.74, 6) is 0.699. The Balaban J connectivity index is 1.20. The first-order valence-corrected chi connectivity index (χ1v) is 16.6. The normalized spacial score (nSPS) is 11.7. The van der Waals surface area contributed by atoms with E-state index in [9.17, 15) is 0 Å². The van der Waals surface area contributed by atoms with E-state index in [1.165, 1.54) is 26.9 Å². The van der Waals surface area contributed by atoms with Gasteiger partial charge in [0.15, 0.2) is 5.82 Å². The van der Waals surface area contributed by atoms with Crippen molar-refractivity contribution in [1.29, 1.82) is 0 Å². The minimum atomic E-state index is 0.699. The summed E-state index contributed by atoms with van der Waals surface area (Å²) in [6.45, 7) is 0. The minimum absolute atomic E-state index is 0.699. The van der Waals surface area contributed by atoms with E-state index in [0.29, 0.717) is 5.82 Å². The predicted molar refractivity (Wildman–Crippen MR) is 204 cm³/mol. The molecule has 2 aromatic heterocycles. The summed E-state index contributed by atoms with van der Waals surface area (Å²) in [6, 6.07) is 59.6. The van der Waals surface area contributed by atoms with Crippen LogP contribution in [0.1, 0.15) is 0 Å². The van der Waals surface area contributed by atoms with Crippen molar-refractivity contribution in [3.63, 3.8) is 0 Å². The van der Waals surface area contributed by atoms with Crippen molar-refractivity contribution >= 4 is 54.3 Å². The van der Waals surface area contributed by atoms with E-state index in [1.807, 2.05) is 24.3 Å². The fraction of sp³-hybridized carbons (Fsp3) is 0. The molecule has 10 aromatic rings. The molecule has 0 spiro atoms. The lowest BCUT2D eigenvalue weighted by Crippen LogP contribution is -1.96. The number of rotatable bonds is 4. The lowest BCUT2D eigenvalue weighted by atomic mass is 9.91. The van der Waals surface area contributed by atoms with Gasteiger partial charge in [-0.05, 0) is 68.4 Å². The minimum Gasteiger partial charge on any atom is -0.455 e. The molecule has 3 nitrogen and oxygen atoms in total. The Labute approximate surface area is 282 Å². The van der Waals surface area contributed by atoms with Gasteiger partial charge in [0.05, 0.1) is 11.4 Å². The zero-order chi connectivity index (χ0) is 32.3. The van der Waals surface area contributed by atoms with Crippen molar-refractivity contribution < 1.29 is 4.42 Å². The second-order valence-corrected chi connectivity index (χ2v) is 12.5. The van der Waals surface area contributed by atoms with Crippen LogP contribution in [-0.2, 0) is 0 Å². The van der Waals surface area contributed by atoms with E-state index in [0.717, 1.165) is 66.5 Å². The molecule has 0 aliphatic heterocycles. The van der Waals surface area contributed by atoms with Gasteiger partial charge in [-0.2, -0.15) is 0 Å². The first kappa shape index (κ1) is 27.5. The van der Waals surface area contributed by atoms with E-state index in [1.54, 1.807) is 0 Å². The lowest BCUT2D eigenvalue weighted by Gasteiger charge is -2.13. The molecule has 0 N–H and O–H groups in total. The van der Waals surface area contributed by atoms with E-state index >= 15 is 0 Å². The number of fused-ring (bicyclic) bond motifs is 10. The smallest absolute Gasteiger partial charge is 0.160 e. The maximum atomic E-state index is 6.55. The van der Waals surface area contributed by atoms with E-state index in [4.69, 9.17) is 14.4 Å². The third-order valence-electron chi connectivity index (χ3n) is 9.66. The summed E-state index contributed by atoms with van der Waals surface area (Å²) in [6.07, 6.45) is 0. The molecule has 228 valence electrons. The molecule has 0 saturated heterocycles. The molecule has 3 heteroatoms. The summed E-state index contributed by atoms with van der Waals surface area (Å²) >= 11 is 0. The molecule has 0 aliphatic carbocycles. The van der Waals surface area contributed by atoms with Crippen LogP contribution >= 0.6 is 0 Å². The van der Waals surface area contributed by atoms with Gasteiger partial charge in [-0.25, -0.2) is 9.97 Å². The highest BCUT2D eigenvalue weighted by molar-refractivity contribution is 6.32. The zero-order valence-corrected chi connectivity index (χ0v) is 26.5. The summed E-state index contributed by atoms with van der Waals surface area (Å²) in [5, 5.41) is 9.35. The van der Waals surface area contributed by atoms with Gasteiger partial charge in [0.1, 0.15) is 11.2 Å². The van der Waals surface area contributed by atoms with Crippen molar-refractivity contribution in [3.05, 3.63) is 170 Å². The summed E-state index contributed by atoms with van der Waals surface area (Å²) in [5.41, 5.74) is 9.00. The van der Waals surface area contributed by atoms with Crippen LogP contribution < -0.4 is 0 Å². The van der Waals surface area contributed by atoms with Crippen LogP contribution in [-0.4, -0.2) is 9.97 Å². The monoisotopic (exact) mass is 624 g/mol. The Morgan fingerprint density at radius 3 is 1.71 bits per heavy atom. The first-order chi connectivity index (χ1) is 24.3. The number of hydrogen-bond donors (Lipinski definition) is 0. The van der Waals surface area contributed by atoms with E-state index in [2.05, 4.69) is 146 Å². The predicted octanol–water partition coefficient (Wildman–Crippen LogP) is 12.5. The quantitative estimate of drug-likeness (QED) is 0.183. The maximum absolute atomic E-state index is 6.55. The summed E-state index contributed by atoms with van der Waals surface area (Å²) in [7, 11) is 0. The summed E-state index contributed by atoms with van der Waals surface area (Å²) in [4.78, 5) is 10.3. The maximum Gasteiger partial charge on any atom is 0.160 e. The molecule has 0 fully saturated rings. The van der Waals surface area contributed by atoms with Crippen LogP contribution in [0.2, 0.25) is 0 Å². The van der Waals surface area contributed by atoms with Gasteiger partial charge in [-0.1, -0.05) is 140 Å². The fourth-order valence-electron chi connectivity index (χ4n) is 7.33. The zero-order valence-electron chi connectivity index (χ0n) is 26.5. The van der Waals surface area contributed by atoms with Crippen LogP contribution in [0, 0.1) is 0 Å². The van der Waals surface area contributed by atoms with Gasteiger partial charge in [0.25, 0.3) is 0 Å². The van der Waals surface area contributed by atoms with Gasteiger partial charge in [0, 0.05) is 32.8 Å². The Hall–Kier alpha value is -6.58. The molecule has 0 saturated carbocycles. The molecule has 8 aromatic carbocycles. The largest absolute Gasteiger partial charge is 0.455 e. The third-order valence-corrected chi connectivity index (χ3v) is 9.66. The average Bonchev–Trinajstić information content (AvgIpc) is 3.57. The molecule has 0 unspecified atom stereocenters. The van der Waals surface area contributed by atoms with Crippen LogP contribution in [0.3, 0.4) is 0 Å². The van der Waals surface area contributed by atoms with Crippen molar-refractivity contribution in [2.45, 2.75) is 0 Å². The van der Waals surface area contributed by atoms with Gasteiger partial charge in [-0.3, -0.25) is 0 Å². The first-order valence-electron chi connectivity index (χ1n) is 16.6. The van der Waals surface area contributed by atoms with Crippen molar-refractivity contribution in [1.82, 2.24) is 9.97 Å². The van der Waals surface area contributed by atoms with Crippen LogP contribution in [0.25, 0.3) is 99.3 Å². The Morgan fingerprint density at radius 2 is 0.898 bits per heavy atom. The number of furan rings is 1. The highest BCUT2D eigenvalue weighted by Crippen LogP contribution is 2.43. The molecular formula is C46H28N2O. The molecular weight excluding hydrogens is 597 g/mol. The van der Waals surface area contributed by atoms with Crippen molar-refractivity contribution in [3.8, 4) is 45.0 Å². The fourth-order valence-corrected chi connectivity index (χ4v) is 7.33. The lowest BCUT2D eigenvalue weighted by molar-refractivity contribution is 0.673. The number of hydrogen-bond acceptors (Lipinski definition) is 3. The third kappa shape index (κ3) is 4.51. The van der Waals surface area contributed by atoms with E-state index in [-0.39, 0.29) is 0 Å². The Bertz CT molecular complexity index is 2850. The van der Waals surface area contributed by atoms with Crippen LogP contribution in [0.15, 0.2) is 174 Å². The average molecular weight is 625 g/mol. The van der Waals surface area contributed by atoms with E-state index < -0.39 is 0 Å². The molecule has 0 aliphatic rings. The number of para-hydroxylation sites is 1. The van der Waals surface area contributed by atoms with Crippen molar-refractivity contribution in [2.24, 2.45) is 0 Å². The van der Waals surface area contributed by atoms with Gasteiger partial charge >= 0.3 is 0 Å². The standard InChI is InChI=1S/C46H28N2O/c1-3-12-29(13-4-1)31-16-11-17-33(26-31)46-47-41(30-14-5-2-6-15-30)28-42(48-46)32-22-23-35-38-24-25-39-36-19-9-10-21-43(36)49-45(39)44(38)37-20-8-7-18-34(37)40(35)27-32/h1-28H. The molecule has 0 atom stereocenters. The van der Waals surface area contributed by atoms with Crippen LogP contribution in [0.4, 0.5) is 0 Å². The molecule has 49 heavy (non-hydrogen) atoms. The highest BCUT2D eigenvalue weighted by atomic mass is 16.3. The SMILES string of the molecule is c1ccc(-c2cccc(-c3nc(-c4ccccc4)cc(-c4ccc5c(c4)c4ccccc4c4c5ccc5c6ccccc6oc54)n3)c2)cc1. The number of nitrogens with zero attached hydrogens (tertiary/aromatic N) is 2. The Kier molecular flexibility index (Phi) is 6.18. The van der Waals surface area contributed by atoms with Gasteiger partial charge in [0.2, 0.25) is 0 Å². The van der Waals surface area contributed by atoms with Gasteiger partial charge < -0.3 is 4.42 Å². The summed E-state index contributed by atoms with van der Waals surface area (Å²) < 4.78 is 6.55. The number of aromatic nitrogens is 2. The molecule has 10 rings (SSSR count). The highest BCUT2D eigenvalue weighted by Gasteiger charge is 2.17. The Morgan fingerprint density at radius 1 is 0.327 bits per heavy atom. The van der Waals surface area contributed by atoms with Crippen molar-refractivity contribution in [2.75, 3.05) is 0 Å². The van der Waals surface area contributed by atoms with Gasteiger partial charge in [-0.15, -0.1) is 0 Å². The molecule has 0 amide bonds. The second-order valence-electron chi connectivity index (χ2n) is 12.5. The molecule has 0 radical (unpaired) electrons. The molecule has 0 bridgehead atoms. The molecule has 2 heterocycles.